The molecule has 0 saturated carbocycles. The second kappa shape index (κ2) is 5.34. The Morgan fingerprint density at radius 1 is 1.06 bits per heavy atom. The van der Waals surface area contributed by atoms with Gasteiger partial charge in [0.15, 0.2) is 0 Å². The number of halogens is 1. The summed E-state index contributed by atoms with van der Waals surface area (Å²) in [5, 5.41) is 3.87. The third kappa shape index (κ3) is 2.68. The van der Waals surface area contributed by atoms with Crippen molar-refractivity contribution < 1.29 is 0 Å². The molecule has 17 heavy (non-hydrogen) atoms. The van der Waals surface area contributed by atoms with Crippen LogP contribution in [-0.4, -0.2) is 6.26 Å². The van der Waals surface area contributed by atoms with Gasteiger partial charge in [-0.1, -0.05) is 29.8 Å². The van der Waals surface area contributed by atoms with E-state index in [-0.39, 0.29) is 0 Å². The normalized spacial score (nSPS) is 10.2. The molecule has 0 unspecified atom stereocenters. The zero-order valence-electron chi connectivity index (χ0n) is 9.41. The van der Waals surface area contributed by atoms with Crippen LogP contribution in [0.4, 0.5) is 17.1 Å². The van der Waals surface area contributed by atoms with Crippen LogP contribution in [0.1, 0.15) is 0 Å². The number of para-hydroxylation sites is 2. The fraction of sp³-hybridized carbons (Fsp3) is 0.0769. The predicted octanol–water partition coefficient (Wildman–Crippen LogP) is 4.39. The minimum atomic E-state index is 0.566. The molecule has 0 aromatic heterocycles. The maximum absolute atomic E-state index is 5.98. The second-order valence-corrected chi connectivity index (χ2v) is 4.78. The van der Waals surface area contributed by atoms with E-state index in [4.69, 9.17) is 17.3 Å². The fourth-order valence-electron chi connectivity index (χ4n) is 1.54. The van der Waals surface area contributed by atoms with Crippen molar-refractivity contribution in [3.63, 3.8) is 0 Å². The molecule has 0 bridgehead atoms. The van der Waals surface area contributed by atoms with Crippen LogP contribution in [0.3, 0.4) is 0 Å². The van der Waals surface area contributed by atoms with Crippen molar-refractivity contribution in [2.75, 3.05) is 17.3 Å². The van der Waals surface area contributed by atoms with Crippen molar-refractivity contribution in [3.8, 4) is 0 Å². The summed E-state index contributed by atoms with van der Waals surface area (Å²) in [6, 6.07) is 13.7. The van der Waals surface area contributed by atoms with E-state index in [0.717, 1.165) is 11.4 Å². The number of hydrogen-bond acceptors (Lipinski definition) is 3. The number of rotatable bonds is 3. The van der Waals surface area contributed by atoms with Crippen molar-refractivity contribution in [1.82, 2.24) is 0 Å². The first-order valence-corrected chi connectivity index (χ1v) is 6.76. The summed E-state index contributed by atoms with van der Waals surface area (Å²) >= 11 is 7.67. The van der Waals surface area contributed by atoms with Crippen molar-refractivity contribution >= 4 is 40.4 Å². The van der Waals surface area contributed by atoms with Crippen molar-refractivity contribution in [1.29, 1.82) is 0 Å². The number of nitrogens with one attached hydrogen (secondary N) is 1. The lowest BCUT2D eigenvalue weighted by molar-refractivity contribution is 1.42. The molecule has 0 aliphatic rings. The van der Waals surface area contributed by atoms with Crippen LogP contribution < -0.4 is 11.1 Å². The van der Waals surface area contributed by atoms with Gasteiger partial charge in [-0.25, -0.2) is 0 Å². The molecule has 0 fully saturated rings. The van der Waals surface area contributed by atoms with Gasteiger partial charge in [0, 0.05) is 4.90 Å². The topological polar surface area (TPSA) is 38.0 Å². The average Bonchev–Trinajstić information content (AvgIpc) is 2.35. The van der Waals surface area contributed by atoms with Gasteiger partial charge in [0.2, 0.25) is 0 Å². The van der Waals surface area contributed by atoms with Gasteiger partial charge in [0.1, 0.15) is 0 Å². The molecule has 0 aliphatic heterocycles. The molecule has 2 aromatic carbocycles. The molecular formula is C13H13ClN2S. The number of benzene rings is 2. The lowest BCUT2D eigenvalue weighted by atomic mass is 10.2. The Balaban J connectivity index is 2.35. The number of thioether (sulfide) groups is 1. The maximum Gasteiger partial charge on any atom is 0.0742 e. The molecular weight excluding hydrogens is 252 g/mol. The quantitative estimate of drug-likeness (QED) is 0.638. The molecule has 2 rings (SSSR count). The minimum absolute atomic E-state index is 0.566. The Hall–Kier alpha value is -1.32. The lowest BCUT2D eigenvalue weighted by Gasteiger charge is -2.12. The van der Waals surface area contributed by atoms with E-state index in [1.807, 2.05) is 36.6 Å². The first-order chi connectivity index (χ1) is 8.22. The van der Waals surface area contributed by atoms with E-state index in [0.29, 0.717) is 10.7 Å². The van der Waals surface area contributed by atoms with E-state index in [1.54, 1.807) is 17.8 Å². The average molecular weight is 265 g/mol. The van der Waals surface area contributed by atoms with E-state index >= 15 is 0 Å². The molecule has 2 nitrogen and oxygen atoms in total. The maximum atomic E-state index is 5.98. The summed E-state index contributed by atoms with van der Waals surface area (Å²) in [4.78, 5) is 1.17. The van der Waals surface area contributed by atoms with Gasteiger partial charge in [0.25, 0.3) is 0 Å². The summed E-state index contributed by atoms with van der Waals surface area (Å²) in [7, 11) is 0. The zero-order chi connectivity index (χ0) is 12.3. The van der Waals surface area contributed by atoms with Crippen LogP contribution in [0, 0.1) is 0 Å². The third-order valence-corrected chi connectivity index (χ3v) is 3.55. The lowest BCUT2D eigenvalue weighted by Crippen LogP contribution is -1.97. The highest BCUT2D eigenvalue weighted by Crippen LogP contribution is 2.32. The number of nitrogen functional groups attached to an aromatic ring is 1. The van der Waals surface area contributed by atoms with Gasteiger partial charge >= 0.3 is 0 Å². The summed E-state index contributed by atoms with van der Waals surface area (Å²) in [6.07, 6.45) is 2.04. The summed E-state index contributed by atoms with van der Waals surface area (Å²) in [6.45, 7) is 0. The molecule has 0 atom stereocenters. The van der Waals surface area contributed by atoms with Gasteiger partial charge in [-0.3, -0.25) is 0 Å². The number of anilines is 3. The van der Waals surface area contributed by atoms with Gasteiger partial charge in [-0.2, -0.15) is 0 Å². The van der Waals surface area contributed by atoms with E-state index in [9.17, 15) is 0 Å². The van der Waals surface area contributed by atoms with E-state index in [2.05, 4.69) is 11.4 Å². The molecule has 4 heteroatoms. The highest BCUT2D eigenvalue weighted by Gasteiger charge is 2.05. The molecule has 3 N–H and O–H groups in total. The Bertz CT molecular complexity index is 529. The fourth-order valence-corrected chi connectivity index (χ4v) is 2.27. The van der Waals surface area contributed by atoms with Crippen molar-refractivity contribution in [2.24, 2.45) is 0 Å². The third-order valence-electron chi connectivity index (χ3n) is 2.43. The van der Waals surface area contributed by atoms with Crippen LogP contribution in [-0.2, 0) is 0 Å². The molecule has 88 valence electrons. The van der Waals surface area contributed by atoms with E-state index in [1.165, 1.54) is 4.90 Å². The van der Waals surface area contributed by atoms with Gasteiger partial charge < -0.3 is 11.1 Å². The number of hydrogen-bond donors (Lipinski definition) is 2. The first kappa shape index (κ1) is 12.1. The SMILES string of the molecule is CSc1ccccc1Nc1cccc(Cl)c1N. The Morgan fingerprint density at radius 2 is 1.76 bits per heavy atom. The summed E-state index contributed by atoms with van der Waals surface area (Å²) in [5.41, 5.74) is 8.36. The molecule has 0 amide bonds. The molecule has 2 aromatic rings. The van der Waals surface area contributed by atoms with Gasteiger partial charge in [-0.05, 0) is 30.5 Å². The predicted molar refractivity (Wildman–Crippen MR) is 77.4 cm³/mol. The molecule has 0 heterocycles. The van der Waals surface area contributed by atoms with Crippen LogP contribution in [0.2, 0.25) is 5.02 Å². The highest BCUT2D eigenvalue weighted by atomic mass is 35.5. The van der Waals surface area contributed by atoms with Gasteiger partial charge in [-0.15, -0.1) is 11.8 Å². The molecule has 0 radical (unpaired) electrons. The zero-order valence-corrected chi connectivity index (χ0v) is 11.0. The van der Waals surface area contributed by atoms with Crippen molar-refractivity contribution in [3.05, 3.63) is 47.5 Å². The second-order valence-electron chi connectivity index (χ2n) is 3.53. The van der Waals surface area contributed by atoms with Crippen LogP contribution in [0.5, 0.6) is 0 Å². The largest absolute Gasteiger partial charge is 0.396 e. The monoisotopic (exact) mass is 264 g/mol. The Kier molecular flexibility index (Phi) is 3.82. The van der Waals surface area contributed by atoms with Crippen molar-refractivity contribution in [2.45, 2.75) is 4.90 Å². The first-order valence-electron chi connectivity index (χ1n) is 5.16. The highest BCUT2D eigenvalue weighted by molar-refractivity contribution is 7.98. The molecule has 0 aliphatic carbocycles. The standard InChI is InChI=1S/C13H13ClN2S/c1-17-12-8-3-2-6-10(12)16-11-7-4-5-9(14)13(11)15/h2-8,16H,15H2,1H3. The van der Waals surface area contributed by atoms with Crippen LogP contribution in [0.15, 0.2) is 47.4 Å². The molecule has 0 saturated heterocycles. The van der Waals surface area contributed by atoms with Crippen LogP contribution in [0.25, 0.3) is 0 Å². The number of nitrogens with two attached hydrogens (primary N) is 1. The van der Waals surface area contributed by atoms with Crippen LogP contribution >= 0.6 is 23.4 Å². The smallest absolute Gasteiger partial charge is 0.0742 e. The summed E-state index contributed by atoms with van der Waals surface area (Å²) in [5.74, 6) is 0. The Labute approximate surface area is 110 Å². The molecule has 0 spiro atoms. The minimum Gasteiger partial charge on any atom is -0.396 e. The Morgan fingerprint density at radius 3 is 2.53 bits per heavy atom. The summed E-state index contributed by atoms with van der Waals surface area (Å²) < 4.78 is 0. The van der Waals surface area contributed by atoms with Gasteiger partial charge in [0.05, 0.1) is 22.1 Å². The van der Waals surface area contributed by atoms with E-state index < -0.39 is 0 Å².